The molecule has 2 aromatic carbocycles. The Kier molecular flexibility index (Phi) is 5.08. The van der Waals surface area contributed by atoms with Crippen LogP contribution >= 0.6 is 11.8 Å². The van der Waals surface area contributed by atoms with Crippen LogP contribution in [0.2, 0.25) is 0 Å². The average molecular weight is 408 g/mol. The number of hydrogen-bond acceptors (Lipinski definition) is 5. The summed E-state index contributed by atoms with van der Waals surface area (Å²) in [7, 11) is 0. The zero-order valence-corrected chi connectivity index (χ0v) is 17.7. The Morgan fingerprint density at radius 3 is 2.55 bits per heavy atom. The van der Waals surface area contributed by atoms with E-state index in [4.69, 9.17) is 5.84 Å². The highest BCUT2D eigenvalue weighted by Crippen LogP contribution is 2.29. The van der Waals surface area contributed by atoms with E-state index in [0.717, 1.165) is 24.2 Å². The summed E-state index contributed by atoms with van der Waals surface area (Å²) in [4.78, 5) is 14.5. The first kappa shape index (κ1) is 19.5. The lowest BCUT2D eigenvalue weighted by molar-refractivity contribution is -0.116. The van der Waals surface area contributed by atoms with Gasteiger partial charge >= 0.3 is 0 Å². The van der Waals surface area contributed by atoms with Gasteiger partial charge in [-0.15, -0.1) is 10.2 Å². The Labute approximate surface area is 175 Å². The van der Waals surface area contributed by atoms with Crippen molar-refractivity contribution in [1.29, 1.82) is 0 Å². The molecule has 0 fully saturated rings. The molecule has 0 spiro atoms. The summed E-state index contributed by atoms with van der Waals surface area (Å²) < 4.78 is 1.46. The molecule has 7 heteroatoms. The number of hydrogen-bond donors (Lipinski definition) is 1. The standard InChI is InChI=1S/C22H25N5OS/c1-22(2,3)17-10-8-16(9-11-17)20-24-25-21(27(20)23)29-14-19(28)26-13-12-15-6-4-5-7-18(15)26/h4-11H,12-14,23H2,1-3H3. The largest absolute Gasteiger partial charge is 0.335 e. The molecular formula is C22H25N5OS. The molecule has 3 aromatic rings. The minimum Gasteiger partial charge on any atom is -0.335 e. The van der Waals surface area contributed by atoms with Crippen molar-refractivity contribution in [1.82, 2.24) is 14.9 Å². The Morgan fingerprint density at radius 2 is 1.83 bits per heavy atom. The van der Waals surface area contributed by atoms with Crippen LogP contribution < -0.4 is 10.7 Å². The molecule has 29 heavy (non-hydrogen) atoms. The molecule has 0 aliphatic carbocycles. The van der Waals surface area contributed by atoms with E-state index < -0.39 is 0 Å². The molecule has 2 heterocycles. The van der Waals surface area contributed by atoms with Gasteiger partial charge in [0.05, 0.1) is 5.75 Å². The normalized spacial score (nSPS) is 13.6. The number of benzene rings is 2. The highest BCUT2D eigenvalue weighted by molar-refractivity contribution is 7.99. The number of carbonyl (C=O) groups is 1. The van der Waals surface area contributed by atoms with Gasteiger partial charge in [0, 0.05) is 17.8 Å². The van der Waals surface area contributed by atoms with Gasteiger partial charge in [0.2, 0.25) is 11.1 Å². The molecule has 1 aliphatic rings. The van der Waals surface area contributed by atoms with Gasteiger partial charge in [-0.25, -0.2) is 4.68 Å². The van der Waals surface area contributed by atoms with Gasteiger partial charge in [0.1, 0.15) is 0 Å². The first-order chi connectivity index (χ1) is 13.8. The maximum Gasteiger partial charge on any atom is 0.237 e. The number of rotatable bonds is 4. The van der Waals surface area contributed by atoms with Crippen LogP contribution in [-0.2, 0) is 16.6 Å². The second kappa shape index (κ2) is 7.55. The quantitative estimate of drug-likeness (QED) is 0.528. The number of aromatic nitrogens is 3. The summed E-state index contributed by atoms with van der Waals surface area (Å²) in [6, 6.07) is 16.2. The number of para-hydroxylation sites is 1. The van der Waals surface area contributed by atoms with Crippen molar-refractivity contribution < 1.29 is 4.79 Å². The fourth-order valence-electron chi connectivity index (χ4n) is 3.49. The van der Waals surface area contributed by atoms with Gasteiger partial charge in [0.25, 0.3) is 0 Å². The summed E-state index contributed by atoms with van der Waals surface area (Å²) in [6.07, 6.45) is 0.897. The van der Waals surface area contributed by atoms with Gasteiger partial charge < -0.3 is 10.7 Å². The van der Waals surface area contributed by atoms with Crippen LogP contribution in [-0.4, -0.2) is 33.1 Å². The Balaban J connectivity index is 1.45. The molecule has 0 unspecified atom stereocenters. The lowest BCUT2D eigenvalue weighted by Crippen LogP contribution is -2.30. The Morgan fingerprint density at radius 1 is 1.10 bits per heavy atom. The van der Waals surface area contributed by atoms with Crippen molar-refractivity contribution in [3.8, 4) is 11.4 Å². The highest BCUT2D eigenvalue weighted by Gasteiger charge is 2.25. The third-order valence-corrected chi connectivity index (χ3v) is 6.11. The second-order valence-electron chi connectivity index (χ2n) is 8.22. The lowest BCUT2D eigenvalue weighted by Gasteiger charge is -2.19. The molecule has 2 N–H and O–H groups in total. The van der Waals surface area contributed by atoms with Crippen molar-refractivity contribution in [2.75, 3.05) is 23.0 Å². The van der Waals surface area contributed by atoms with Crippen molar-refractivity contribution in [2.24, 2.45) is 0 Å². The van der Waals surface area contributed by atoms with Gasteiger partial charge in [-0.1, -0.05) is 75.0 Å². The molecule has 0 radical (unpaired) electrons. The van der Waals surface area contributed by atoms with Crippen molar-refractivity contribution >= 4 is 23.4 Å². The first-order valence-corrected chi connectivity index (χ1v) is 10.7. The van der Waals surface area contributed by atoms with Crippen LogP contribution in [0.15, 0.2) is 53.7 Å². The second-order valence-corrected chi connectivity index (χ2v) is 9.16. The van der Waals surface area contributed by atoms with Crippen LogP contribution in [0.4, 0.5) is 5.69 Å². The fourth-order valence-corrected chi connectivity index (χ4v) is 4.23. The number of amides is 1. The number of anilines is 1. The number of fused-ring (bicyclic) bond motifs is 1. The molecule has 6 nitrogen and oxygen atoms in total. The predicted octanol–water partition coefficient (Wildman–Crippen LogP) is 3.64. The number of nitrogen functional groups attached to an aromatic ring is 1. The topological polar surface area (TPSA) is 77.0 Å². The monoisotopic (exact) mass is 407 g/mol. The molecule has 150 valence electrons. The van der Waals surface area contributed by atoms with Gasteiger partial charge in [-0.05, 0) is 29.0 Å². The third-order valence-electron chi connectivity index (χ3n) is 5.19. The summed E-state index contributed by atoms with van der Waals surface area (Å²) in [6.45, 7) is 7.26. The molecular weight excluding hydrogens is 382 g/mol. The minimum atomic E-state index is 0.0547. The van der Waals surface area contributed by atoms with Crippen LogP contribution in [0.1, 0.15) is 31.9 Å². The number of nitrogens with two attached hydrogens (primary N) is 1. The van der Waals surface area contributed by atoms with E-state index >= 15 is 0 Å². The number of thioether (sulfide) groups is 1. The fraction of sp³-hybridized carbons (Fsp3) is 0.318. The zero-order chi connectivity index (χ0) is 20.6. The van der Waals surface area contributed by atoms with E-state index in [0.29, 0.717) is 11.0 Å². The highest BCUT2D eigenvalue weighted by atomic mass is 32.2. The van der Waals surface area contributed by atoms with Crippen LogP contribution in [0.3, 0.4) is 0 Å². The van der Waals surface area contributed by atoms with Crippen LogP contribution in [0.25, 0.3) is 11.4 Å². The van der Waals surface area contributed by atoms with E-state index in [1.165, 1.54) is 27.6 Å². The molecule has 0 saturated carbocycles. The van der Waals surface area contributed by atoms with E-state index in [1.54, 1.807) is 0 Å². The van der Waals surface area contributed by atoms with Gasteiger partial charge in [0.15, 0.2) is 5.82 Å². The molecule has 0 bridgehead atoms. The van der Waals surface area contributed by atoms with Crippen molar-refractivity contribution in [3.05, 3.63) is 59.7 Å². The smallest absolute Gasteiger partial charge is 0.237 e. The maximum atomic E-state index is 12.7. The van der Waals surface area contributed by atoms with Gasteiger partial charge in [-0.2, -0.15) is 0 Å². The summed E-state index contributed by atoms with van der Waals surface area (Å²) in [5.74, 6) is 7.14. The SMILES string of the molecule is CC(C)(C)c1ccc(-c2nnc(SCC(=O)N3CCc4ccccc43)n2N)cc1. The molecule has 1 aromatic heterocycles. The van der Waals surface area contributed by atoms with E-state index in [1.807, 2.05) is 35.2 Å². The van der Waals surface area contributed by atoms with E-state index in [9.17, 15) is 4.79 Å². The summed E-state index contributed by atoms with van der Waals surface area (Å²) >= 11 is 1.31. The van der Waals surface area contributed by atoms with Crippen LogP contribution in [0, 0.1) is 0 Å². The first-order valence-electron chi connectivity index (χ1n) is 9.67. The Bertz CT molecular complexity index is 1040. The van der Waals surface area contributed by atoms with Crippen molar-refractivity contribution in [3.63, 3.8) is 0 Å². The van der Waals surface area contributed by atoms with Crippen molar-refractivity contribution in [2.45, 2.75) is 37.8 Å². The zero-order valence-electron chi connectivity index (χ0n) is 16.9. The third kappa shape index (κ3) is 3.87. The lowest BCUT2D eigenvalue weighted by atomic mass is 9.87. The van der Waals surface area contributed by atoms with Gasteiger partial charge in [-0.3, -0.25) is 4.79 Å². The Hall–Kier alpha value is -2.80. The molecule has 0 atom stereocenters. The summed E-state index contributed by atoms with van der Waals surface area (Å²) in [5, 5.41) is 8.95. The van der Waals surface area contributed by atoms with Crippen LogP contribution in [0.5, 0.6) is 0 Å². The number of carbonyl (C=O) groups excluding carboxylic acids is 1. The predicted molar refractivity (Wildman–Crippen MR) is 118 cm³/mol. The minimum absolute atomic E-state index is 0.0547. The molecule has 1 amide bonds. The van der Waals surface area contributed by atoms with E-state index in [2.05, 4.69) is 49.2 Å². The molecule has 1 aliphatic heterocycles. The maximum absolute atomic E-state index is 12.7. The average Bonchev–Trinajstić information content (AvgIpc) is 3.29. The number of nitrogens with zero attached hydrogens (tertiary/aromatic N) is 4. The molecule has 4 rings (SSSR count). The van der Waals surface area contributed by atoms with E-state index in [-0.39, 0.29) is 17.1 Å². The summed E-state index contributed by atoms with van der Waals surface area (Å²) in [5.41, 5.74) is 4.46. The molecule has 0 saturated heterocycles.